The van der Waals surface area contributed by atoms with Crippen LogP contribution >= 0.6 is 7.60 Å². The molecular formula is C18H27N2O7P. The molecule has 1 atom stereocenters. The minimum atomic E-state index is -3.25. The molecule has 0 spiro atoms. The minimum Gasteiger partial charge on any atom is -0.466 e. The SMILES string of the molecule is CCOC(=O)C[C@H](NC(=O)c1ccc(CP(=O)(OCC)OCC)cc1)C(N)=O. The van der Waals surface area contributed by atoms with Crippen molar-refractivity contribution in [3.63, 3.8) is 0 Å². The van der Waals surface area contributed by atoms with Crippen LogP contribution in [0.1, 0.15) is 43.1 Å². The van der Waals surface area contributed by atoms with E-state index in [4.69, 9.17) is 19.5 Å². The Morgan fingerprint density at radius 1 is 1.04 bits per heavy atom. The van der Waals surface area contributed by atoms with Crippen LogP contribution in [0.2, 0.25) is 0 Å². The summed E-state index contributed by atoms with van der Waals surface area (Å²) >= 11 is 0. The van der Waals surface area contributed by atoms with E-state index in [0.717, 1.165) is 0 Å². The van der Waals surface area contributed by atoms with E-state index in [-0.39, 0.29) is 38.0 Å². The molecule has 28 heavy (non-hydrogen) atoms. The summed E-state index contributed by atoms with van der Waals surface area (Å²) in [6.07, 6.45) is -0.276. The lowest BCUT2D eigenvalue weighted by Gasteiger charge is -2.17. The summed E-state index contributed by atoms with van der Waals surface area (Å²) in [5.74, 6) is -2.05. The first-order valence-corrected chi connectivity index (χ1v) is 10.7. The lowest BCUT2D eigenvalue weighted by atomic mass is 10.1. The Kier molecular flexibility index (Phi) is 9.85. The van der Waals surface area contributed by atoms with E-state index in [2.05, 4.69) is 5.32 Å². The van der Waals surface area contributed by atoms with Crippen LogP contribution in [0.3, 0.4) is 0 Å². The molecule has 0 saturated heterocycles. The third-order valence-electron chi connectivity index (χ3n) is 3.57. The predicted octanol–water partition coefficient (Wildman–Crippen LogP) is 1.99. The van der Waals surface area contributed by atoms with Crippen molar-refractivity contribution in [3.8, 4) is 0 Å². The maximum atomic E-state index is 12.6. The molecule has 0 aliphatic carbocycles. The van der Waals surface area contributed by atoms with Gasteiger partial charge in [0, 0.05) is 5.56 Å². The summed E-state index contributed by atoms with van der Waals surface area (Å²) in [6.45, 7) is 5.76. The highest BCUT2D eigenvalue weighted by Crippen LogP contribution is 2.51. The first-order chi connectivity index (χ1) is 13.2. The summed E-state index contributed by atoms with van der Waals surface area (Å²) < 4.78 is 27.8. The Hall–Kier alpha value is -2.22. The number of esters is 1. The van der Waals surface area contributed by atoms with Crippen LogP contribution in [0.25, 0.3) is 0 Å². The monoisotopic (exact) mass is 414 g/mol. The highest BCUT2D eigenvalue weighted by atomic mass is 31.2. The van der Waals surface area contributed by atoms with Crippen LogP contribution in [0, 0.1) is 0 Å². The quantitative estimate of drug-likeness (QED) is 0.394. The van der Waals surface area contributed by atoms with Gasteiger partial charge in [-0.2, -0.15) is 0 Å². The smallest absolute Gasteiger partial charge is 0.335 e. The summed E-state index contributed by atoms with van der Waals surface area (Å²) in [5.41, 5.74) is 6.16. The van der Waals surface area contributed by atoms with E-state index in [9.17, 15) is 18.9 Å². The number of hydrogen-bond donors (Lipinski definition) is 2. The van der Waals surface area contributed by atoms with Crippen LogP contribution in [-0.2, 0) is 34.1 Å². The van der Waals surface area contributed by atoms with Gasteiger partial charge >= 0.3 is 13.6 Å². The fraction of sp³-hybridized carbons (Fsp3) is 0.500. The molecule has 0 aliphatic rings. The van der Waals surface area contributed by atoms with E-state index in [1.807, 2.05) is 0 Å². The second-order valence-electron chi connectivity index (χ2n) is 5.74. The number of benzene rings is 1. The lowest BCUT2D eigenvalue weighted by molar-refractivity contribution is -0.145. The van der Waals surface area contributed by atoms with Crippen molar-refractivity contribution in [2.24, 2.45) is 5.73 Å². The van der Waals surface area contributed by atoms with Crippen molar-refractivity contribution in [2.75, 3.05) is 19.8 Å². The Balaban J connectivity index is 2.80. The largest absolute Gasteiger partial charge is 0.466 e. The molecule has 1 aromatic rings. The number of carbonyl (C=O) groups excluding carboxylic acids is 3. The fourth-order valence-electron chi connectivity index (χ4n) is 2.36. The Morgan fingerprint density at radius 2 is 1.61 bits per heavy atom. The van der Waals surface area contributed by atoms with Gasteiger partial charge < -0.3 is 24.8 Å². The first kappa shape index (κ1) is 23.8. The van der Waals surface area contributed by atoms with Crippen molar-refractivity contribution in [3.05, 3.63) is 35.4 Å². The number of primary amides is 1. The molecule has 9 nitrogen and oxygen atoms in total. The van der Waals surface area contributed by atoms with Gasteiger partial charge in [0.2, 0.25) is 5.91 Å². The van der Waals surface area contributed by atoms with Gasteiger partial charge in [-0.1, -0.05) is 12.1 Å². The van der Waals surface area contributed by atoms with Gasteiger partial charge in [-0.25, -0.2) is 0 Å². The number of carbonyl (C=O) groups is 3. The topological polar surface area (TPSA) is 134 Å². The number of ether oxygens (including phenoxy) is 1. The van der Waals surface area contributed by atoms with Crippen molar-refractivity contribution in [1.82, 2.24) is 5.32 Å². The second kappa shape index (κ2) is 11.6. The average molecular weight is 414 g/mol. The van der Waals surface area contributed by atoms with Gasteiger partial charge in [0.15, 0.2) is 0 Å². The summed E-state index contributed by atoms with van der Waals surface area (Å²) in [6, 6.07) is 5.07. The van der Waals surface area contributed by atoms with Crippen molar-refractivity contribution in [1.29, 1.82) is 0 Å². The molecule has 0 unspecified atom stereocenters. The molecule has 1 aromatic carbocycles. The predicted molar refractivity (Wildman–Crippen MR) is 103 cm³/mol. The van der Waals surface area contributed by atoms with E-state index in [1.165, 1.54) is 12.1 Å². The van der Waals surface area contributed by atoms with Gasteiger partial charge in [-0.05, 0) is 38.5 Å². The van der Waals surface area contributed by atoms with E-state index in [1.54, 1.807) is 32.9 Å². The van der Waals surface area contributed by atoms with Gasteiger partial charge in [-0.15, -0.1) is 0 Å². The molecule has 0 saturated carbocycles. The van der Waals surface area contributed by atoms with E-state index < -0.39 is 31.4 Å². The molecule has 1 rings (SSSR count). The third kappa shape index (κ3) is 7.80. The van der Waals surface area contributed by atoms with Crippen molar-refractivity contribution >= 4 is 25.4 Å². The number of hydrogen-bond acceptors (Lipinski definition) is 7. The zero-order valence-corrected chi connectivity index (χ0v) is 17.2. The Labute approximate surface area is 164 Å². The first-order valence-electron chi connectivity index (χ1n) is 8.97. The lowest BCUT2D eigenvalue weighted by Crippen LogP contribution is -2.45. The zero-order valence-electron chi connectivity index (χ0n) is 16.3. The van der Waals surface area contributed by atoms with Crippen LogP contribution in [-0.4, -0.2) is 43.6 Å². The Bertz CT molecular complexity index is 711. The number of nitrogens with one attached hydrogen (secondary N) is 1. The molecule has 0 aromatic heterocycles. The van der Waals surface area contributed by atoms with Crippen LogP contribution < -0.4 is 11.1 Å². The fourth-order valence-corrected chi connectivity index (χ4v) is 4.06. The molecule has 0 fully saturated rings. The van der Waals surface area contributed by atoms with Crippen molar-refractivity contribution < 1.29 is 32.7 Å². The summed E-state index contributed by atoms with van der Waals surface area (Å²) in [5, 5.41) is 2.41. The average Bonchev–Trinajstić information content (AvgIpc) is 2.62. The van der Waals surface area contributed by atoms with E-state index >= 15 is 0 Å². The van der Waals surface area contributed by atoms with Gasteiger partial charge in [-0.3, -0.25) is 18.9 Å². The second-order valence-corrected chi connectivity index (χ2v) is 7.79. The van der Waals surface area contributed by atoms with Crippen LogP contribution in [0.15, 0.2) is 24.3 Å². The van der Waals surface area contributed by atoms with E-state index in [0.29, 0.717) is 5.56 Å². The summed E-state index contributed by atoms with van der Waals surface area (Å²) in [7, 11) is -3.25. The standard InChI is InChI=1S/C18H27N2O7P/c1-4-25-16(21)11-15(17(19)22)20-18(23)14-9-7-13(8-10-14)12-28(24,26-5-2)27-6-3/h7-10,15H,4-6,11-12H2,1-3H3,(H2,19,22)(H,20,23)/t15-/m0/s1. The normalized spacial score (nSPS) is 12.2. The summed E-state index contributed by atoms with van der Waals surface area (Å²) in [4.78, 5) is 35.3. The molecule has 0 radical (unpaired) electrons. The van der Waals surface area contributed by atoms with Crippen LogP contribution in [0.5, 0.6) is 0 Å². The molecule has 3 N–H and O–H groups in total. The molecule has 2 amide bonds. The van der Waals surface area contributed by atoms with Crippen LogP contribution in [0.4, 0.5) is 0 Å². The molecule has 0 bridgehead atoms. The van der Waals surface area contributed by atoms with Gasteiger partial charge in [0.25, 0.3) is 5.91 Å². The molecular weight excluding hydrogens is 387 g/mol. The molecule has 10 heteroatoms. The molecule has 156 valence electrons. The number of rotatable bonds is 12. The van der Waals surface area contributed by atoms with Gasteiger partial charge in [0.05, 0.1) is 32.4 Å². The maximum Gasteiger partial charge on any atom is 0.335 e. The van der Waals surface area contributed by atoms with Crippen molar-refractivity contribution in [2.45, 2.75) is 39.4 Å². The zero-order chi connectivity index (χ0) is 21.2. The van der Waals surface area contributed by atoms with Gasteiger partial charge in [0.1, 0.15) is 6.04 Å². The molecule has 0 aliphatic heterocycles. The number of nitrogens with two attached hydrogens (primary N) is 1. The molecule has 0 heterocycles. The minimum absolute atomic E-state index is 0.0728. The highest BCUT2D eigenvalue weighted by molar-refractivity contribution is 7.53. The maximum absolute atomic E-state index is 12.6. The Morgan fingerprint density at radius 3 is 2.07 bits per heavy atom. The highest BCUT2D eigenvalue weighted by Gasteiger charge is 2.25. The third-order valence-corrected chi connectivity index (χ3v) is 5.62. The number of amides is 2.